The smallest absolute Gasteiger partial charge is 0.338 e. The van der Waals surface area contributed by atoms with Crippen LogP contribution < -0.4 is 15.5 Å². The Bertz CT molecular complexity index is 1360. The van der Waals surface area contributed by atoms with Gasteiger partial charge < -0.3 is 19.9 Å². The molecule has 1 amide bonds. The van der Waals surface area contributed by atoms with Crippen LogP contribution >= 0.6 is 0 Å². The van der Waals surface area contributed by atoms with E-state index in [4.69, 9.17) is 9.47 Å². The van der Waals surface area contributed by atoms with E-state index in [2.05, 4.69) is 22.4 Å². The highest BCUT2D eigenvalue weighted by Crippen LogP contribution is 2.26. The summed E-state index contributed by atoms with van der Waals surface area (Å²) in [5.41, 5.74) is 5.48. The number of methoxy groups -OCH3 is 1. The molecule has 0 radical (unpaired) electrons. The molecule has 0 spiro atoms. The van der Waals surface area contributed by atoms with Crippen molar-refractivity contribution in [2.24, 2.45) is 5.10 Å². The number of ketones is 1. The number of para-hydroxylation sites is 1. The monoisotopic (exact) mass is 515 g/mol. The van der Waals surface area contributed by atoms with Crippen LogP contribution in [0.3, 0.4) is 0 Å². The molecule has 38 heavy (non-hydrogen) atoms. The van der Waals surface area contributed by atoms with Gasteiger partial charge in [0.05, 0.1) is 24.5 Å². The largest absolute Gasteiger partial charge is 0.494 e. The number of nitrogens with zero attached hydrogens (tertiary/aromatic N) is 1. The SMILES string of the molecule is C=Cc1ccc(COC(=O)c2ccc(N/N=C(\C(C)=O)C(=O)Nc3ccccc3C(C)O)c(OC)c2)cc1. The first-order valence-electron chi connectivity index (χ1n) is 11.7. The van der Waals surface area contributed by atoms with E-state index in [0.717, 1.165) is 11.1 Å². The predicted molar refractivity (Wildman–Crippen MR) is 146 cm³/mol. The van der Waals surface area contributed by atoms with Gasteiger partial charge in [-0.1, -0.05) is 55.1 Å². The van der Waals surface area contributed by atoms with E-state index in [-0.39, 0.29) is 17.9 Å². The first-order chi connectivity index (χ1) is 18.2. The number of esters is 1. The number of Topliss-reactive ketones (excluding diaryl/α,β-unsaturated/α-hetero) is 1. The van der Waals surface area contributed by atoms with Crippen LogP contribution in [-0.2, 0) is 20.9 Å². The van der Waals surface area contributed by atoms with Gasteiger partial charge in [-0.05, 0) is 42.3 Å². The predicted octanol–water partition coefficient (Wildman–Crippen LogP) is 4.74. The molecule has 1 atom stereocenters. The Morgan fingerprint density at radius 3 is 2.39 bits per heavy atom. The number of hydrogen-bond acceptors (Lipinski definition) is 8. The van der Waals surface area contributed by atoms with Crippen LogP contribution in [0.25, 0.3) is 6.08 Å². The molecule has 0 saturated carbocycles. The molecule has 3 N–H and O–H groups in total. The fourth-order valence-corrected chi connectivity index (χ4v) is 3.45. The second kappa shape index (κ2) is 13.0. The van der Waals surface area contributed by atoms with Crippen molar-refractivity contribution in [3.63, 3.8) is 0 Å². The molecule has 0 saturated heterocycles. The maximum Gasteiger partial charge on any atom is 0.338 e. The number of hydrogen-bond donors (Lipinski definition) is 3. The number of amides is 1. The zero-order valence-corrected chi connectivity index (χ0v) is 21.4. The molecule has 3 aromatic rings. The van der Waals surface area contributed by atoms with E-state index in [1.54, 1.807) is 37.3 Å². The van der Waals surface area contributed by atoms with Gasteiger partial charge in [0.2, 0.25) is 0 Å². The van der Waals surface area contributed by atoms with Gasteiger partial charge in [0.15, 0.2) is 11.5 Å². The minimum atomic E-state index is -0.824. The first kappa shape index (κ1) is 27.8. The highest BCUT2D eigenvalue weighted by atomic mass is 16.5. The van der Waals surface area contributed by atoms with Crippen molar-refractivity contribution in [3.05, 3.63) is 95.6 Å². The molecular formula is C29H29N3O6. The van der Waals surface area contributed by atoms with Crippen molar-refractivity contribution in [1.29, 1.82) is 0 Å². The van der Waals surface area contributed by atoms with Gasteiger partial charge in [0, 0.05) is 18.2 Å². The quantitative estimate of drug-likeness (QED) is 0.146. The maximum atomic E-state index is 12.8. The third-order valence-electron chi connectivity index (χ3n) is 5.52. The topological polar surface area (TPSA) is 126 Å². The zero-order chi connectivity index (χ0) is 27.7. The van der Waals surface area contributed by atoms with Gasteiger partial charge in [0.25, 0.3) is 5.91 Å². The number of anilines is 2. The molecule has 3 aromatic carbocycles. The molecule has 9 nitrogen and oxygen atoms in total. The van der Waals surface area contributed by atoms with Crippen molar-refractivity contribution in [2.45, 2.75) is 26.6 Å². The summed E-state index contributed by atoms with van der Waals surface area (Å²) in [5, 5.41) is 16.5. The van der Waals surface area contributed by atoms with Crippen molar-refractivity contribution < 1.29 is 29.0 Å². The summed E-state index contributed by atoms with van der Waals surface area (Å²) in [5.74, 6) is -1.63. The van der Waals surface area contributed by atoms with Gasteiger partial charge in [-0.15, -0.1) is 0 Å². The molecule has 1 unspecified atom stereocenters. The maximum absolute atomic E-state index is 12.8. The average molecular weight is 516 g/mol. The number of aliphatic hydroxyl groups is 1. The van der Waals surface area contributed by atoms with Crippen molar-refractivity contribution in [3.8, 4) is 5.75 Å². The fourth-order valence-electron chi connectivity index (χ4n) is 3.45. The Morgan fingerprint density at radius 1 is 1.05 bits per heavy atom. The Balaban J connectivity index is 1.72. The lowest BCUT2D eigenvalue weighted by molar-refractivity contribution is -0.114. The van der Waals surface area contributed by atoms with E-state index < -0.39 is 29.5 Å². The Kier molecular flexibility index (Phi) is 9.50. The number of aliphatic hydroxyl groups excluding tert-OH is 1. The zero-order valence-electron chi connectivity index (χ0n) is 21.4. The summed E-state index contributed by atoms with van der Waals surface area (Å²) in [6.45, 7) is 6.58. The Hall–Kier alpha value is -4.76. The normalized spacial score (nSPS) is 11.7. The van der Waals surface area contributed by atoms with Crippen molar-refractivity contribution >= 4 is 40.8 Å². The third-order valence-corrected chi connectivity index (χ3v) is 5.52. The number of benzene rings is 3. The van der Waals surface area contributed by atoms with Crippen LogP contribution in [0.4, 0.5) is 11.4 Å². The number of hydrazone groups is 1. The molecule has 0 aliphatic heterocycles. The molecular weight excluding hydrogens is 486 g/mol. The first-order valence-corrected chi connectivity index (χ1v) is 11.7. The van der Waals surface area contributed by atoms with E-state index >= 15 is 0 Å². The third kappa shape index (κ3) is 7.14. The molecule has 0 aromatic heterocycles. The summed E-state index contributed by atoms with van der Waals surface area (Å²) in [7, 11) is 1.41. The Labute approximate surface area is 220 Å². The summed E-state index contributed by atoms with van der Waals surface area (Å²) in [6.07, 6.45) is 0.902. The van der Waals surface area contributed by atoms with Crippen molar-refractivity contribution in [2.75, 3.05) is 17.9 Å². The van der Waals surface area contributed by atoms with Crippen LogP contribution in [0.15, 0.2) is 78.4 Å². The highest BCUT2D eigenvalue weighted by Gasteiger charge is 2.20. The van der Waals surface area contributed by atoms with Crippen LogP contribution in [0, 0.1) is 0 Å². The second-order valence-electron chi connectivity index (χ2n) is 8.28. The minimum absolute atomic E-state index is 0.0954. The number of carbonyl (C=O) groups is 3. The number of ether oxygens (including phenoxy) is 2. The van der Waals surface area contributed by atoms with Gasteiger partial charge in [-0.25, -0.2) is 4.79 Å². The molecule has 3 rings (SSSR count). The van der Waals surface area contributed by atoms with Gasteiger partial charge in [0.1, 0.15) is 12.4 Å². The fraction of sp³-hybridized carbons (Fsp3) is 0.172. The standard InChI is InChI=1S/C29H29N3O6/c1-5-20-10-12-21(13-11-20)17-38-29(36)22-14-15-25(26(16-22)37-4)31-32-27(19(3)34)28(35)30-24-9-7-6-8-23(24)18(2)33/h5-16,18,31,33H,1,17H2,2-4H3,(H,30,35)/b32-27+. The summed E-state index contributed by atoms with van der Waals surface area (Å²) in [6, 6.07) is 18.7. The van der Waals surface area contributed by atoms with E-state index in [9.17, 15) is 19.5 Å². The highest BCUT2D eigenvalue weighted by molar-refractivity contribution is 6.67. The summed E-state index contributed by atoms with van der Waals surface area (Å²) in [4.78, 5) is 37.5. The van der Waals surface area contributed by atoms with Crippen LogP contribution in [0.1, 0.15) is 47.0 Å². The van der Waals surface area contributed by atoms with Crippen LogP contribution in [-0.4, -0.2) is 35.6 Å². The average Bonchev–Trinajstić information content (AvgIpc) is 2.92. The molecule has 0 heterocycles. The molecule has 0 fully saturated rings. The molecule has 0 bridgehead atoms. The molecule has 0 aliphatic rings. The molecule has 196 valence electrons. The lowest BCUT2D eigenvalue weighted by atomic mass is 10.1. The van der Waals surface area contributed by atoms with Gasteiger partial charge in [-0.2, -0.15) is 5.10 Å². The Morgan fingerprint density at radius 2 is 1.76 bits per heavy atom. The number of nitrogens with one attached hydrogen (secondary N) is 2. The van der Waals surface area contributed by atoms with Crippen LogP contribution in [0.5, 0.6) is 5.75 Å². The minimum Gasteiger partial charge on any atom is -0.494 e. The van der Waals surface area contributed by atoms with E-state index in [0.29, 0.717) is 16.9 Å². The lowest BCUT2D eigenvalue weighted by Crippen LogP contribution is -2.30. The van der Waals surface area contributed by atoms with Gasteiger partial charge in [-0.3, -0.25) is 15.0 Å². The molecule has 9 heteroatoms. The van der Waals surface area contributed by atoms with Crippen LogP contribution in [0.2, 0.25) is 0 Å². The lowest BCUT2D eigenvalue weighted by Gasteiger charge is -2.14. The summed E-state index contributed by atoms with van der Waals surface area (Å²) < 4.78 is 10.7. The van der Waals surface area contributed by atoms with E-state index in [1.165, 1.54) is 32.2 Å². The second-order valence-corrected chi connectivity index (χ2v) is 8.28. The summed E-state index contributed by atoms with van der Waals surface area (Å²) >= 11 is 0. The molecule has 0 aliphatic carbocycles. The number of carbonyl (C=O) groups excluding carboxylic acids is 3. The van der Waals surface area contributed by atoms with Crippen molar-refractivity contribution in [1.82, 2.24) is 0 Å². The van der Waals surface area contributed by atoms with Gasteiger partial charge >= 0.3 is 5.97 Å². The number of rotatable bonds is 11. The van der Waals surface area contributed by atoms with E-state index in [1.807, 2.05) is 24.3 Å².